The van der Waals surface area contributed by atoms with Crippen LogP contribution in [-0.2, 0) is 0 Å². The molecule has 0 amide bonds. The fraction of sp³-hybridized carbons (Fsp3) is 0.778. The van der Waals surface area contributed by atoms with Gasteiger partial charge >= 0.3 is 0 Å². The third-order valence-corrected chi connectivity index (χ3v) is 6.40. The number of rotatable bonds is 5. The quantitative estimate of drug-likeness (QED) is 0.574. The van der Waals surface area contributed by atoms with Crippen molar-refractivity contribution in [2.75, 3.05) is 20.6 Å². The normalized spacial score (nSPS) is 16.5. The van der Waals surface area contributed by atoms with Gasteiger partial charge in [0.25, 0.3) is 0 Å². The lowest BCUT2D eigenvalue weighted by atomic mass is 10.7. The van der Waals surface area contributed by atoms with Crippen molar-refractivity contribution in [2.45, 2.75) is 25.6 Å². The Kier molecular flexibility index (Phi) is 4.69. The minimum absolute atomic E-state index is 1.04. The van der Waals surface area contributed by atoms with E-state index in [9.17, 15) is 0 Å². The van der Waals surface area contributed by atoms with Gasteiger partial charge in [0, 0.05) is 0 Å². The molecule has 1 unspecified atom stereocenters. The van der Waals surface area contributed by atoms with Gasteiger partial charge < -0.3 is 4.90 Å². The summed E-state index contributed by atoms with van der Waals surface area (Å²) in [6, 6.07) is 2.67. The van der Waals surface area contributed by atoms with E-state index in [0.29, 0.717) is 0 Å². The molecule has 66 valence electrons. The molecular formula is C9H21NSi. The van der Waals surface area contributed by atoms with Crippen LogP contribution in [0.2, 0.25) is 18.6 Å². The van der Waals surface area contributed by atoms with Gasteiger partial charge in [0.15, 0.2) is 0 Å². The first-order valence-corrected chi connectivity index (χ1v) is 7.31. The highest BCUT2D eigenvalue weighted by Gasteiger charge is 2.19. The second kappa shape index (κ2) is 4.73. The van der Waals surface area contributed by atoms with Crippen LogP contribution in [0.4, 0.5) is 0 Å². The average molecular weight is 171 g/mol. The molecule has 0 fully saturated rings. The molecule has 0 N–H and O–H groups in total. The van der Waals surface area contributed by atoms with Crippen LogP contribution in [0.1, 0.15) is 6.92 Å². The van der Waals surface area contributed by atoms with Gasteiger partial charge in [0.2, 0.25) is 0 Å². The fourth-order valence-electron chi connectivity index (χ4n) is 0.902. The van der Waals surface area contributed by atoms with Crippen LogP contribution >= 0.6 is 0 Å². The summed E-state index contributed by atoms with van der Waals surface area (Å²) in [5.41, 5.74) is 2.22. The van der Waals surface area contributed by atoms with Crippen molar-refractivity contribution in [3.8, 4) is 0 Å². The van der Waals surface area contributed by atoms with E-state index in [1.165, 1.54) is 18.6 Å². The molecule has 0 aromatic heterocycles. The number of hydrogen-bond acceptors (Lipinski definition) is 1. The topological polar surface area (TPSA) is 3.24 Å². The highest BCUT2D eigenvalue weighted by Crippen LogP contribution is 2.15. The van der Waals surface area contributed by atoms with Crippen molar-refractivity contribution in [2.24, 2.45) is 0 Å². The van der Waals surface area contributed by atoms with E-state index in [1.54, 1.807) is 0 Å². The Balaban J connectivity index is 3.78. The van der Waals surface area contributed by atoms with Crippen molar-refractivity contribution in [3.63, 3.8) is 0 Å². The maximum atomic E-state index is 3.92. The Hall–Kier alpha value is -0.0831. The molecule has 1 atom stereocenters. The molecule has 11 heavy (non-hydrogen) atoms. The zero-order valence-corrected chi connectivity index (χ0v) is 9.35. The van der Waals surface area contributed by atoms with Crippen LogP contribution < -0.4 is 0 Å². The summed E-state index contributed by atoms with van der Waals surface area (Å²) in [5.74, 6) is 0. The minimum atomic E-state index is -1.04. The Bertz CT molecular complexity index is 123. The average Bonchev–Trinajstić information content (AvgIpc) is 2.00. The van der Waals surface area contributed by atoms with E-state index in [-0.39, 0.29) is 0 Å². The second-order valence-corrected chi connectivity index (χ2v) is 8.69. The first-order valence-electron chi connectivity index (χ1n) is 4.32. The highest BCUT2D eigenvalue weighted by atomic mass is 28.3. The van der Waals surface area contributed by atoms with Gasteiger partial charge in [0.1, 0.15) is 0 Å². The maximum absolute atomic E-state index is 3.92. The summed E-state index contributed by atoms with van der Waals surface area (Å²) in [5, 5.41) is 0. The van der Waals surface area contributed by atoms with Gasteiger partial charge in [-0.1, -0.05) is 19.5 Å². The molecule has 0 aliphatic carbocycles. The lowest BCUT2D eigenvalue weighted by Gasteiger charge is -2.23. The van der Waals surface area contributed by atoms with Crippen molar-refractivity contribution in [1.29, 1.82) is 0 Å². The van der Waals surface area contributed by atoms with Crippen LogP contribution in [0.25, 0.3) is 0 Å². The molecule has 0 aliphatic rings. The standard InChI is InChI=1S/C9H21NSi/c1-6-11(5,7-2)9-8-10(3)4/h6H,1,7-9H2,2-5H3. The first-order chi connectivity index (χ1) is 5.04. The smallest absolute Gasteiger partial charge is 0.0749 e. The Labute approximate surface area is 72.1 Å². The van der Waals surface area contributed by atoms with Crippen molar-refractivity contribution >= 4 is 8.07 Å². The summed E-state index contributed by atoms with van der Waals surface area (Å²) in [4.78, 5) is 2.25. The summed E-state index contributed by atoms with van der Waals surface area (Å²) in [6.07, 6.45) is 0. The third-order valence-electron chi connectivity index (χ3n) is 2.43. The number of hydrogen-bond donors (Lipinski definition) is 0. The molecule has 0 aromatic rings. The fourth-order valence-corrected chi connectivity index (χ4v) is 2.71. The molecule has 1 nitrogen and oxygen atoms in total. The molecule has 0 aromatic carbocycles. The molecule has 0 bridgehead atoms. The molecule has 2 heteroatoms. The van der Waals surface area contributed by atoms with Crippen LogP contribution in [-0.4, -0.2) is 33.6 Å². The van der Waals surface area contributed by atoms with Gasteiger partial charge in [-0.15, -0.1) is 12.3 Å². The van der Waals surface area contributed by atoms with Gasteiger partial charge in [-0.3, -0.25) is 0 Å². The molecule has 0 saturated heterocycles. The van der Waals surface area contributed by atoms with Gasteiger partial charge in [-0.05, 0) is 26.7 Å². The van der Waals surface area contributed by atoms with Gasteiger partial charge in [-0.25, -0.2) is 0 Å². The molecule has 0 radical (unpaired) electrons. The van der Waals surface area contributed by atoms with Crippen LogP contribution in [0.5, 0.6) is 0 Å². The second-order valence-electron chi connectivity index (χ2n) is 3.76. The first kappa shape index (κ1) is 10.9. The van der Waals surface area contributed by atoms with Crippen LogP contribution in [0, 0.1) is 0 Å². The Morgan fingerprint density at radius 2 is 2.00 bits per heavy atom. The van der Waals surface area contributed by atoms with Crippen LogP contribution in [0.15, 0.2) is 12.3 Å². The lowest BCUT2D eigenvalue weighted by Crippen LogP contribution is -2.30. The molecule has 0 spiro atoms. The van der Waals surface area contributed by atoms with E-state index in [4.69, 9.17) is 0 Å². The third kappa shape index (κ3) is 4.38. The highest BCUT2D eigenvalue weighted by molar-refractivity contribution is 6.83. The zero-order chi connectivity index (χ0) is 8.91. The molecule has 0 saturated carbocycles. The summed E-state index contributed by atoms with van der Waals surface area (Å²) in [7, 11) is 3.23. The minimum Gasteiger partial charge on any atom is -0.310 e. The van der Waals surface area contributed by atoms with Crippen molar-refractivity contribution in [1.82, 2.24) is 4.90 Å². The maximum Gasteiger partial charge on any atom is 0.0749 e. The van der Waals surface area contributed by atoms with E-state index >= 15 is 0 Å². The van der Waals surface area contributed by atoms with E-state index < -0.39 is 8.07 Å². The largest absolute Gasteiger partial charge is 0.310 e. The number of nitrogens with zero attached hydrogens (tertiary/aromatic N) is 1. The summed E-state index contributed by atoms with van der Waals surface area (Å²) in [6.45, 7) is 9.82. The summed E-state index contributed by atoms with van der Waals surface area (Å²) >= 11 is 0. The lowest BCUT2D eigenvalue weighted by molar-refractivity contribution is 0.431. The molecular weight excluding hydrogens is 150 g/mol. The van der Waals surface area contributed by atoms with Crippen molar-refractivity contribution < 1.29 is 0 Å². The predicted octanol–water partition coefficient (Wildman–Crippen LogP) is 2.37. The van der Waals surface area contributed by atoms with Gasteiger partial charge in [0.05, 0.1) is 8.07 Å². The summed E-state index contributed by atoms with van der Waals surface area (Å²) < 4.78 is 0. The SMILES string of the molecule is C=C[Si](C)(CC)CCN(C)C. The van der Waals surface area contributed by atoms with Crippen LogP contribution in [0.3, 0.4) is 0 Å². The van der Waals surface area contributed by atoms with E-state index in [2.05, 4.69) is 44.7 Å². The Morgan fingerprint density at radius 3 is 2.27 bits per heavy atom. The van der Waals surface area contributed by atoms with E-state index in [0.717, 1.165) is 0 Å². The predicted molar refractivity (Wildman–Crippen MR) is 55.7 cm³/mol. The van der Waals surface area contributed by atoms with Crippen molar-refractivity contribution in [3.05, 3.63) is 12.3 Å². The van der Waals surface area contributed by atoms with E-state index in [1.807, 2.05) is 0 Å². The monoisotopic (exact) mass is 171 g/mol. The zero-order valence-electron chi connectivity index (χ0n) is 8.35. The molecule has 0 heterocycles. The Morgan fingerprint density at radius 1 is 1.45 bits per heavy atom. The molecule has 0 aliphatic heterocycles. The molecule has 0 rings (SSSR count). The van der Waals surface area contributed by atoms with Gasteiger partial charge in [-0.2, -0.15) is 0 Å².